The van der Waals surface area contributed by atoms with Crippen molar-refractivity contribution in [1.29, 1.82) is 0 Å². The van der Waals surface area contributed by atoms with Gasteiger partial charge < -0.3 is 20.9 Å². The van der Waals surface area contributed by atoms with Crippen LogP contribution < -0.4 is 16.4 Å². The van der Waals surface area contributed by atoms with Gasteiger partial charge in [-0.3, -0.25) is 14.4 Å². The van der Waals surface area contributed by atoms with E-state index in [4.69, 9.17) is 5.73 Å². The zero-order valence-electron chi connectivity index (χ0n) is 14.7. The van der Waals surface area contributed by atoms with Gasteiger partial charge in [-0.1, -0.05) is 32.6 Å². The number of amides is 3. The molecule has 0 saturated heterocycles. The first kappa shape index (κ1) is 20.6. The topological polar surface area (TPSA) is 132 Å². The summed E-state index contributed by atoms with van der Waals surface area (Å²) in [5.41, 5.74) is 5.28. The minimum absolute atomic E-state index is 0.168. The van der Waals surface area contributed by atoms with E-state index in [0.717, 1.165) is 32.1 Å². The van der Waals surface area contributed by atoms with Crippen molar-refractivity contribution < 1.29 is 14.4 Å². The molecule has 0 aromatic carbocycles. The Morgan fingerprint density at radius 2 is 1.76 bits per heavy atom. The van der Waals surface area contributed by atoms with Crippen molar-refractivity contribution in [3.63, 3.8) is 0 Å². The summed E-state index contributed by atoms with van der Waals surface area (Å²) < 4.78 is 1.71. The number of hydrogen-bond donors (Lipinski definition) is 3. The molecule has 9 heteroatoms. The van der Waals surface area contributed by atoms with Crippen molar-refractivity contribution in [3.8, 4) is 0 Å². The average molecular weight is 352 g/mol. The predicted molar refractivity (Wildman–Crippen MR) is 92.1 cm³/mol. The van der Waals surface area contributed by atoms with Gasteiger partial charge in [0, 0.05) is 19.5 Å². The SMILES string of the molecule is CCCCCCCC(=O)N[C@H](CC(=O)NCCn1cnnc1)C(N)=O. The van der Waals surface area contributed by atoms with Gasteiger partial charge in [0.15, 0.2) is 0 Å². The highest BCUT2D eigenvalue weighted by atomic mass is 16.2. The number of primary amides is 1. The highest BCUT2D eigenvalue weighted by molar-refractivity contribution is 5.91. The van der Waals surface area contributed by atoms with Gasteiger partial charge in [-0.15, -0.1) is 10.2 Å². The van der Waals surface area contributed by atoms with Crippen LogP contribution in [0.5, 0.6) is 0 Å². The monoisotopic (exact) mass is 352 g/mol. The molecule has 140 valence electrons. The molecule has 3 amide bonds. The van der Waals surface area contributed by atoms with Crippen LogP contribution in [0.25, 0.3) is 0 Å². The molecule has 0 saturated carbocycles. The molecule has 0 aliphatic rings. The van der Waals surface area contributed by atoms with E-state index < -0.39 is 11.9 Å². The van der Waals surface area contributed by atoms with Crippen molar-refractivity contribution in [2.24, 2.45) is 5.73 Å². The second-order valence-corrected chi connectivity index (χ2v) is 5.94. The minimum atomic E-state index is -0.988. The lowest BCUT2D eigenvalue weighted by molar-refractivity contribution is -0.130. The van der Waals surface area contributed by atoms with Gasteiger partial charge in [0.1, 0.15) is 18.7 Å². The van der Waals surface area contributed by atoms with Gasteiger partial charge in [0.05, 0.1) is 6.42 Å². The first-order valence-electron chi connectivity index (χ1n) is 8.70. The molecular weight excluding hydrogens is 324 g/mol. The Kier molecular flexibility index (Phi) is 9.88. The fraction of sp³-hybridized carbons (Fsp3) is 0.688. The molecule has 25 heavy (non-hydrogen) atoms. The van der Waals surface area contributed by atoms with Crippen LogP contribution in [-0.2, 0) is 20.9 Å². The summed E-state index contributed by atoms with van der Waals surface area (Å²) in [5, 5.41) is 12.5. The molecule has 0 unspecified atom stereocenters. The van der Waals surface area contributed by atoms with Crippen LogP contribution in [0, 0.1) is 0 Å². The van der Waals surface area contributed by atoms with Crippen LogP contribution >= 0.6 is 0 Å². The fourth-order valence-electron chi connectivity index (χ4n) is 2.30. The number of carbonyl (C=O) groups excluding carboxylic acids is 3. The average Bonchev–Trinajstić information content (AvgIpc) is 3.07. The van der Waals surface area contributed by atoms with E-state index in [1.54, 1.807) is 17.2 Å². The minimum Gasteiger partial charge on any atom is -0.368 e. The number of hydrogen-bond acceptors (Lipinski definition) is 5. The molecule has 0 spiro atoms. The maximum Gasteiger partial charge on any atom is 0.240 e. The van der Waals surface area contributed by atoms with Crippen molar-refractivity contribution in [1.82, 2.24) is 25.4 Å². The molecule has 1 rings (SSSR count). The van der Waals surface area contributed by atoms with E-state index in [1.165, 1.54) is 0 Å². The Morgan fingerprint density at radius 3 is 2.40 bits per heavy atom. The zero-order chi connectivity index (χ0) is 18.5. The molecule has 4 N–H and O–H groups in total. The molecule has 0 radical (unpaired) electrons. The Hall–Kier alpha value is -2.45. The highest BCUT2D eigenvalue weighted by Crippen LogP contribution is 2.05. The van der Waals surface area contributed by atoms with Crippen molar-refractivity contribution in [2.45, 2.75) is 64.5 Å². The second kappa shape index (κ2) is 12.0. The van der Waals surface area contributed by atoms with Gasteiger partial charge in [-0.2, -0.15) is 0 Å². The Labute approximate surface area is 147 Å². The van der Waals surface area contributed by atoms with Crippen LogP contribution in [-0.4, -0.2) is 45.1 Å². The van der Waals surface area contributed by atoms with Crippen LogP contribution in [0.1, 0.15) is 51.9 Å². The van der Waals surface area contributed by atoms with E-state index in [2.05, 4.69) is 27.8 Å². The van der Waals surface area contributed by atoms with E-state index >= 15 is 0 Å². The summed E-state index contributed by atoms with van der Waals surface area (Å²) in [6, 6.07) is -0.988. The molecular formula is C16H28N6O3. The third kappa shape index (κ3) is 9.43. The largest absolute Gasteiger partial charge is 0.368 e. The molecule has 0 aliphatic heterocycles. The summed E-state index contributed by atoms with van der Waals surface area (Å²) >= 11 is 0. The number of nitrogens with one attached hydrogen (secondary N) is 2. The molecule has 1 heterocycles. The van der Waals surface area contributed by atoms with E-state index in [1.807, 2.05) is 0 Å². The number of nitrogens with two attached hydrogens (primary N) is 1. The van der Waals surface area contributed by atoms with Crippen LogP contribution in [0.2, 0.25) is 0 Å². The van der Waals surface area contributed by atoms with Crippen LogP contribution in [0.3, 0.4) is 0 Å². The first-order valence-corrected chi connectivity index (χ1v) is 8.70. The smallest absolute Gasteiger partial charge is 0.240 e. The van der Waals surface area contributed by atoms with Gasteiger partial charge in [-0.25, -0.2) is 0 Å². The van der Waals surface area contributed by atoms with Gasteiger partial charge in [-0.05, 0) is 6.42 Å². The number of carbonyl (C=O) groups is 3. The van der Waals surface area contributed by atoms with Crippen LogP contribution in [0.4, 0.5) is 0 Å². The zero-order valence-corrected chi connectivity index (χ0v) is 14.7. The number of unbranched alkanes of at least 4 members (excludes halogenated alkanes) is 4. The molecule has 9 nitrogen and oxygen atoms in total. The standard InChI is InChI=1S/C16H28N6O3/c1-2-3-4-5-6-7-14(23)21-13(16(17)25)10-15(24)18-8-9-22-11-19-20-12-22/h11-13H,2-10H2,1H3,(H2,17,25)(H,18,24)(H,21,23)/t13-/m1/s1. The Bertz CT molecular complexity index is 532. The van der Waals surface area contributed by atoms with E-state index in [0.29, 0.717) is 19.5 Å². The summed E-state index contributed by atoms with van der Waals surface area (Å²) in [7, 11) is 0. The normalized spacial score (nSPS) is 11.7. The Morgan fingerprint density at radius 1 is 1.08 bits per heavy atom. The maximum atomic E-state index is 11.9. The third-order valence-corrected chi connectivity index (χ3v) is 3.73. The lowest BCUT2D eigenvalue weighted by Gasteiger charge is -2.15. The fourth-order valence-corrected chi connectivity index (χ4v) is 2.30. The summed E-state index contributed by atoms with van der Waals surface area (Å²) in [6.45, 7) is 3.01. The quantitative estimate of drug-likeness (QED) is 0.434. The summed E-state index contributed by atoms with van der Waals surface area (Å²) in [4.78, 5) is 35.2. The summed E-state index contributed by atoms with van der Waals surface area (Å²) in [6.07, 6.45) is 8.38. The van der Waals surface area contributed by atoms with Gasteiger partial charge in [0.2, 0.25) is 17.7 Å². The van der Waals surface area contributed by atoms with Gasteiger partial charge in [0.25, 0.3) is 0 Å². The number of rotatable bonds is 13. The van der Waals surface area contributed by atoms with Crippen molar-refractivity contribution in [3.05, 3.63) is 12.7 Å². The van der Waals surface area contributed by atoms with E-state index in [9.17, 15) is 14.4 Å². The van der Waals surface area contributed by atoms with Crippen molar-refractivity contribution in [2.75, 3.05) is 6.54 Å². The van der Waals surface area contributed by atoms with E-state index in [-0.39, 0.29) is 18.2 Å². The molecule has 0 fully saturated rings. The summed E-state index contributed by atoms with van der Waals surface area (Å²) in [5.74, 6) is -1.31. The van der Waals surface area contributed by atoms with Gasteiger partial charge >= 0.3 is 0 Å². The molecule has 0 bridgehead atoms. The predicted octanol–water partition coefficient (Wildman–Crippen LogP) is 0.115. The van der Waals surface area contributed by atoms with Crippen LogP contribution in [0.15, 0.2) is 12.7 Å². The highest BCUT2D eigenvalue weighted by Gasteiger charge is 2.21. The lowest BCUT2D eigenvalue weighted by Crippen LogP contribution is -2.47. The maximum absolute atomic E-state index is 11.9. The lowest BCUT2D eigenvalue weighted by atomic mass is 10.1. The molecule has 1 atom stereocenters. The number of nitrogens with zero attached hydrogens (tertiary/aromatic N) is 3. The number of aromatic nitrogens is 3. The molecule has 0 aliphatic carbocycles. The molecule has 1 aromatic heterocycles. The van der Waals surface area contributed by atoms with Crippen molar-refractivity contribution >= 4 is 17.7 Å². The second-order valence-electron chi connectivity index (χ2n) is 5.94. The Balaban J connectivity index is 2.26. The third-order valence-electron chi connectivity index (χ3n) is 3.73. The first-order chi connectivity index (χ1) is 12.0. The molecule has 1 aromatic rings.